The van der Waals surface area contributed by atoms with Crippen LogP contribution in [0.3, 0.4) is 0 Å². The minimum absolute atomic E-state index is 0.0191. The van der Waals surface area contributed by atoms with Crippen molar-refractivity contribution in [3.8, 4) is 0 Å². The lowest BCUT2D eigenvalue weighted by Gasteiger charge is -2.25. The van der Waals surface area contributed by atoms with Crippen LogP contribution in [0.25, 0.3) is 0 Å². The summed E-state index contributed by atoms with van der Waals surface area (Å²) in [4.78, 5) is 14.1. The first-order chi connectivity index (χ1) is 8.79. The molecule has 19 heavy (non-hydrogen) atoms. The van der Waals surface area contributed by atoms with Gasteiger partial charge in [-0.1, -0.05) is 39.9 Å². The molecule has 0 atom stereocenters. The highest BCUT2D eigenvalue weighted by molar-refractivity contribution is 7.71. The molecule has 0 aromatic heterocycles. The second kappa shape index (κ2) is 6.62. The van der Waals surface area contributed by atoms with Crippen molar-refractivity contribution in [1.82, 2.24) is 4.90 Å². The largest absolute Gasteiger partial charge is 0.382 e. The van der Waals surface area contributed by atoms with Crippen molar-refractivity contribution in [3.63, 3.8) is 0 Å². The van der Waals surface area contributed by atoms with Crippen LogP contribution in [-0.4, -0.2) is 31.6 Å². The third-order valence-corrected chi connectivity index (χ3v) is 3.86. The Labute approximate surface area is 121 Å². The van der Waals surface area contributed by atoms with Crippen LogP contribution >= 0.6 is 12.2 Å². The van der Waals surface area contributed by atoms with Gasteiger partial charge in [-0.05, 0) is 38.4 Å². The minimum atomic E-state index is -0.0459. The van der Waals surface area contributed by atoms with Gasteiger partial charge in [0, 0.05) is 12.1 Å². The number of nitrogens with one attached hydrogen (secondary N) is 1. The van der Waals surface area contributed by atoms with E-state index in [0.717, 1.165) is 43.7 Å². The molecule has 0 bridgehead atoms. The maximum absolute atomic E-state index is 11.8. The Kier molecular flexibility index (Phi) is 5.68. The van der Waals surface area contributed by atoms with Gasteiger partial charge in [-0.2, -0.15) is 0 Å². The van der Waals surface area contributed by atoms with E-state index in [2.05, 4.69) is 45.0 Å². The summed E-state index contributed by atoms with van der Waals surface area (Å²) >= 11 is 5.15. The molecule has 108 valence electrons. The van der Waals surface area contributed by atoms with Gasteiger partial charge < -0.3 is 10.2 Å². The van der Waals surface area contributed by atoms with E-state index in [0.29, 0.717) is 4.51 Å². The van der Waals surface area contributed by atoms with Gasteiger partial charge in [-0.15, -0.1) is 0 Å². The first kappa shape index (κ1) is 16.3. The quantitative estimate of drug-likeness (QED) is 0.615. The Morgan fingerprint density at radius 1 is 1.26 bits per heavy atom. The molecule has 1 rings (SSSR count). The standard InChI is InChI=1S/C15H26N2OS/c1-6-17(5)10-8-7-9-16-12-11(15(2,3)4)14(19)13(12)18/h16H,6-10H2,1-5H3. The van der Waals surface area contributed by atoms with Crippen LogP contribution in [0.1, 0.15) is 46.1 Å². The molecule has 1 aromatic carbocycles. The Morgan fingerprint density at radius 3 is 2.42 bits per heavy atom. The van der Waals surface area contributed by atoms with Gasteiger partial charge in [0.15, 0.2) is 0 Å². The highest BCUT2D eigenvalue weighted by atomic mass is 32.1. The third kappa shape index (κ3) is 4.11. The van der Waals surface area contributed by atoms with Crippen LogP contribution in [0.2, 0.25) is 0 Å². The third-order valence-electron chi connectivity index (χ3n) is 3.47. The van der Waals surface area contributed by atoms with Crippen molar-refractivity contribution in [2.24, 2.45) is 0 Å². The number of hydrogen-bond donors (Lipinski definition) is 1. The molecule has 0 unspecified atom stereocenters. The fourth-order valence-corrected chi connectivity index (χ4v) is 2.66. The zero-order valence-electron chi connectivity index (χ0n) is 12.8. The molecule has 1 N–H and O–H groups in total. The van der Waals surface area contributed by atoms with Crippen molar-refractivity contribution in [2.75, 3.05) is 32.0 Å². The van der Waals surface area contributed by atoms with Gasteiger partial charge in [0.25, 0.3) is 0 Å². The van der Waals surface area contributed by atoms with Crippen molar-refractivity contribution in [2.45, 2.75) is 46.0 Å². The van der Waals surface area contributed by atoms with Crippen LogP contribution in [0.4, 0.5) is 5.69 Å². The van der Waals surface area contributed by atoms with E-state index in [9.17, 15) is 4.79 Å². The molecule has 0 saturated carbocycles. The fraction of sp³-hybridized carbons (Fsp3) is 0.733. The summed E-state index contributed by atoms with van der Waals surface area (Å²) in [5.74, 6) is 0. The summed E-state index contributed by atoms with van der Waals surface area (Å²) in [5.41, 5.74) is 1.75. The zero-order valence-corrected chi connectivity index (χ0v) is 13.6. The fourth-order valence-electron chi connectivity index (χ4n) is 2.15. The van der Waals surface area contributed by atoms with Crippen LogP contribution in [0.5, 0.6) is 0 Å². The van der Waals surface area contributed by atoms with E-state index in [1.54, 1.807) is 0 Å². The average Bonchev–Trinajstić information content (AvgIpc) is 2.34. The molecule has 1 aromatic rings. The highest BCUT2D eigenvalue weighted by Gasteiger charge is 2.27. The lowest BCUT2D eigenvalue weighted by Crippen LogP contribution is -2.29. The van der Waals surface area contributed by atoms with Gasteiger partial charge in [-0.3, -0.25) is 4.79 Å². The van der Waals surface area contributed by atoms with Crippen LogP contribution in [0, 0.1) is 4.51 Å². The number of anilines is 1. The smallest absolute Gasteiger partial charge is 0.220 e. The van der Waals surface area contributed by atoms with E-state index in [1.165, 1.54) is 0 Å². The monoisotopic (exact) mass is 282 g/mol. The molecular weight excluding hydrogens is 256 g/mol. The first-order valence-corrected chi connectivity index (χ1v) is 7.46. The predicted octanol–water partition coefficient (Wildman–Crippen LogP) is 3.09. The van der Waals surface area contributed by atoms with E-state index < -0.39 is 0 Å². The number of nitrogens with zero attached hydrogens (tertiary/aromatic N) is 1. The average molecular weight is 282 g/mol. The number of unbranched alkanes of at least 4 members (excludes halogenated alkanes) is 1. The molecular formula is C15H26N2OS. The molecule has 4 heteroatoms. The molecule has 0 heterocycles. The van der Waals surface area contributed by atoms with E-state index in [1.807, 2.05) is 0 Å². The SMILES string of the molecule is CCN(C)CCCCNc1c(C(C)(C)C)c(=S)c1=O. The number of rotatable bonds is 7. The van der Waals surface area contributed by atoms with Crippen molar-refractivity contribution in [1.29, 1.82) is 0 Å². The van der Waals surface area contributed by atoms with Crippen molar-refractivity contribution in [3.05, 3.63) is 20.3 Å². The summed E-state index contributed by atoms with van der Waals surface area (Å²) in [6.45, 7) is 11.5. The topological polar surface area (TPSA) is 32.3 Å². The Hall–Kier alpha value is -0.740. The molecule has 0 spiro atoms. The maximum atomic E-state index is 11.8. The summed E-state index contributed by atoms with van der Waals surface area (Å²) in [6, 6.07) is 0. The molecule has 0 saturated heterocycles. The van der Waals surface area contributed by atoms with Gasteiger partial charge >= 0.3 is 0 Å². The Bertz CT molecular complexity index is 481. The minimum Gasteiger partial charge on any atom is -0.382 e. The van der Waals surface area contributed by atoms with Crippen LogP contribution in [0.15, 0.2) is 4.79 Å². The van der Waals surface area contributed by atoms with Crippen molar-refractivity contribution < 1.29 is 0 Å². The van der Waals surface area contributed by atoms with Crippen molar-refractivity contribution >= 4 is 17.9 Å². The molecule has 0 aliphatic heterocycles. The molecule has 0 amide bonds. The van der Waals surface area contributed by atoms with E-state index >= 15 is 0 Å². The summed E-state index contributed by atoms with van der Waals surface area (Å²) in [6.07, 6.45) is 2.22. The predicted molar refractivity (Wildman–Crippen MR) is 85.5 cm³/mol. The second-order valence-corrected chi connectivity index (χ2v) is 6.60. The Balaban J connectivity index is 2.45. The lowest BCUT2D eigenvalue weighted by atomic mass is 9.83. The van der Waals surface area contributed by atoms with Gasteiger partial charge in [0.05, 0.1) is 10.2 Å². The molecule has 0 radical (unpaired) electrons. The second-order valence-electron chi connectivity index (χ2n) is 6.19. The summed E-state index contributed by atoms with van der Waals surface area (Å²) < 4.78 is 0.515. The molecule has 0 fully saturated rings. The molecule has 3 nitrogen and oxygen atoms in total. The van der Waals surface area contributed by atoms with Gasteiger partial charge in [0.1, 0.15) is 0 Å². The van der Waals surface area contributed by atoms with E-state index in [4.69, 9.17) is 12.2 Å². The van der Waals surface area contributed by atoms with Crippen LogP contribution < -0.4 is 10.7 Å². The molecule has 0 aliphatic rings. The normalized spacial score (nSPS) is 12.3. The summed E-state index contributed by atoms with van der Waals surface area (Å²) in [5, 5.41) is 3.27. The van der Waals surface area contributed by atoms with Gasteiger partial charge in [0.2, 0.25) is 5.43 Å². The van der Waals surface area contributed by atoms with Gasteiger partial charge in [-0.25, -0.2) is 0 Å². The van der Waals surface area contributed by atoms with Crippen LogP contribution in [-0.2, 0) is 5.41 Å². The first-order valence-electron chi connectivity index (χ1n) is 7.05. The molecule has 0 aliphatic carbocycles. The maximum Gasteiger partial charge on any atom is 0.220 e. The zero-order chi connectivity index (χ0) is 14.6. The lowest BCUT2D eigenvalue weighted by molar-refractivity contribution is 0.345. The number of hydrogen-bond acceptors (Lipinski definition) is 4. The summed E-state index contributed by atoms with van der Waals surface area (Å²) in [7, 11) is 2.13. The van der Waals surface area contributed by atoms with E-state index in [-0.39, 0.29) is 10.8 Å². The highest BCUT2D eigenvalue weighted by Crippen LogP contribution is 2.30. The Morgan fingerprint density at radius 2 is 1.89 bits per heavy atom.